The number of halogens is 1. The molecule has 7 heteroatoms. The van der Waals surface area contributed by atoms with Crippen molar-refractivity contribution in [2.75, 3.05) is 23.5 Å². The molecule has 1 saturated carbocycles. The number of Topliss-reactive ketones (excluding diaryl/α,β-unsaturated/α-hetero) is 1. The summed E-state index contributed by atoms with van der Waals surface area (Å²) in [5.41, 5.74) is 1.92. The van der Waals surface area contributed by atoms with Crippen molar-refractivity contribution in [2.24, 2.45) is 11.8 Å². The van der Waals surface area contributed by atoms with Gasteiger partial charge >= 0.3 is 31.1 Å². The second-order valence-electron chi connectivity index (χ2n) is 6.44. The van der Waals surface area contributed by atoms with Gasteiger partial charge in [0, 0.05) is 30.4 Å². The Bertz CT molecular complexity index is 769. The molecular weight excluding hydrogens is 493 g/mol. The Morgan fingerprint density at radius 1 is 1.33 bits per heavy atom. The second kappa shape index (κ2) is 16.7. The molecule has 2 N–H and O–H groups in total. The Morgan fingerprint density at radius 3 is 2.57 bits per heavy atom. The van der Waals surface area contributed by atoms with E-state index in [1.165, 1.54) is 0 Å². The van der Waals surface area contributed by atoms with Crippen LogP contribution < -0.4 is 26.5 Å². The molecule has 0 radical (unpaired) electrons. The molecule has 0 spiro atoms. The van der Waals surface area contributed by atoms with Crippen LogP contribution in [0.3, 0.4) is 0 Å². The number of pyridine rings is 1. The van der Waals surface area contributed by atoms with Crippen LogP contribution in [0.2, 0.25) is 0 Å². The maximum absolute atomic E-state index is 12.6. The molecule has 0 aliphatic heterocycles. The summed E-state index contributed by atoms with van der Waals surface area (Å²) in [7, 11) is 1.00. The summed E-state index contributed by atoms with van der Waals surface area (Å²) in [5.74, 6) is -0.838. The summed E-state index contributed by atoms with van der Waals surface area (Å²) < 4.78 is 0. The van der Waals surface area contributed by atoms with Gasteiger partial charge in [-0.15, -0.1) is 0 Å². The minimum atomic E-state index is -0.305. The van der Waals surface area contributed by atoms with E-state index in [9.17, 15) is 9.59 Å². The average molecular weight is 526 g/mol. The molecule has 0 bridgehead atoms. The van der Waals surface area contributed by atoms with Crippen LogP contribution in [-0.4, -0.2) is 45.3 Å². The normalized spacial score (nSPS) is 18.0. The van der Waals surface area contributed by atoms with Crippen LogP contribution in [0.1, 0.15) is 44.4 Å². The van der Waals surface area contributed by atoms with Crippen molar-refractivity contribution >= 4 is 23.3 Å². The molecule has 30 heavy (non-hydrogen) atoms. The second-order valence-corrected chi connectivity index (χ2v) is 8.60. The van der Waals surface area contributed by atoms with Gasteiger partial charge in [-0.2, -0.15) is 5.26 Å². The standard InChI is InChI=1S/C20H23N3O2.C2H6I.CH4O/c1-3-7-18-17(10-6-11-22-18)15(4-2)20(25)23-13-19(24)16-9-5-8-14(16)12-21;1-3-2;1-2/h3-4,6-7,10-11,14,16H,5,8-9,13H2,1-2H3,(H,23,25);1-2H3;2H,1H3/q;-1;/b7-3-,15-4+;;. The number of allylic oxidation sites excluding steroid dienone is 2. The number of nitrogens with zero attached hydrogens (tertiary/aromatic N) is 2. The first kappa shape index (κ1) is 27.9. The summed E-state index contributed by atoms with van der Waals surface area (Å²) in [6, 6.07) is 5.82. The number of carbonyl (C=O) groups is 2. The number of ketones is 1. The molecule has 1 amide bonds. The van der Waals surface area contributed by atoms with E-state index in [2.05, 4.69) is 26.2 Å². The van der Waals surface area contributed by atoms with E-state index in [4.69, 9.17) is 10.4 Å². The van der Waals surface area contributed by atoms with Gasteiger partial charge in [0.15, 0.2) is 5.78 Å². The van der Waals surface area contributed by atoms with E-state index in [1.54, 1.807) is 25.3 Å². The van der Waals surface area contributed by atoms with Crippen molar-refractivity contribution in [3.05, 3.63) is 41.7 Å². The SMILES string of the molecule is C/C=C\c1ncccc1/C(=C\C)C(=O)NCC(=O)C1CCCC1C#N.CO.C[I-]C. The maximum atomic E-state index is 12.6. The van der Waals surface area contributed by atoms with Crippen molar-refractivity contribution in [1.82, 2.24) is 10.3 Å². The van der Waals surface area contributed by atoms with Crippen LogP contribution in [0.25, 0.3) is 11.6 Å². The van der Waals surface area contributed by atoms with Gasteiger partial charge in [0.05, 0.1) is 24.2 Å². The van der Waals surface area contributed by atoms with Crippen LogP contribution >= 0.6 is 0 Å². The van der Waals surface area contributed by atoms with Gasteiger partial charge in [-0.25, -0.2) is 0 Å². The first-order valence-corrected chi connectivity index (χ1v) is 14.1. The number of rotatable bonds is 6. The topological polar surface area (TPSA) is 103 Å². The molecule has 2 unspecified atom stereocenters. The molecule has 0 aromatic carbocycles. The minimum absolute atomic E-state index is 0.0434. The van der Waals surface area contributed by atoms with Crippen LogP contribution in [0.5, 0.6) is 0 Å². The third kappa shape index (κ3) is 8.76. The Kier molecular flexibility index (Phi) is 15.6. The number of aliphatic hydroxyl groups excluding tert-OH is 1. The number of amides is 1. The quantitative estimate of drug-likeness (QED) is 0.311. The van der Waals surface area contributed by atoms with Gasteiger partial charge < -0.3 is 10.4 Å². The molecule has 1 aromatic heterocycles. The number of carbonyl (C=O) groups excluding carboxylic acids is 2. The fourth-order valence-electron chi connectivity index (χ4n) is 3.24. The molecule has 1 aromatic rings. The number of nitrogens with one attached hydrogen (secondary N) is 1. The summed E-state index contributed by atoms with van der Waals surface area (Å²) >= 11 is 0.590. The summed E-state index contributed by atoms with van der Waals surface area (Å²) in [5, 5.41) is 18.8. The van der Waals surface area contributed by atoms with E-state index in [1.807, 2.05) is 25.1 Å². The fourth-order valence-corrected chi connectivity index (χ4v) is 3.24. The average Bonchev–Trinajstić information content (AvgIpc) is 3.25. The first-order chi connectivity index (χ1) is 14.5. The van der Waals surface area contributed by atoms with Gasteiger partial charge in [0.1, 0.15) is 0 Å². The van der Waals surface area contributed by atoms with E-state index in [0.29, 0.717) is 32.5 Å². The number of alkyl halides is 2. The third-order valence-corrected chi connectivity index (χ3v) is 4.51. The molecule has 6 nitrogen and oxygen atoms in total. The monoisotopic (exact) mass is 526 g/mol. The Labute approximate surface area is 190 Å². The Hall–Kier alpha value is -2.05. The molecule has 1 aliphatic rings. The van der Waals surface area contributed by atoms with Crippen molar-refractivity contribution in [2.45, 2.75) is 33.1 Å². The first-order valence-electron chi connectivity index (χ1n) is 9.77. The van der Waals surface area contributed by atoms with E-state index in [-0.39, 0.29) is 30.1 Å². The fraction of sp³-hybridized carbons (Fsp3) is 0.478. The summed E-state index contributed by atoms with van der Waals surface area (Å²) in [6.07, 6.45) is 9.50. The van der Waals surface area contributed by atoms with Crippen molar-refractivity contribution in [3.8, 4) is 6.07 Å². The predicted molar refractivity (Wildman–Crippen MR) is 117 cm³/mol. The zero-order chi connectivity index (χ0) is 22.9. The molecular formula is C23H33IN3O3-. The zero-order valence-electron chi connectivity index (χ0n) is 18.5. The van der Waals surface area contributed by atoms with Crippen molar-refractivity contribution in [1.29, 1.82) is 5.26 Å². The van der Waals surface area contributed by atoms with Crippen LogP contribution in [0.4, 0.5) is 0 Å². The number of hydrogen-bond acceptors (Lipinski definition) is 5. The summed E-state index contributed by atoms with van der Waals surface area (Å²) in [4.78, 5) is 33.6. The predicted octanol–water partition coefficient (Wildman–Crippen LogP) is 0.0867. The van der Waals surface area contributed by atoms with Gasteiger partial charge in [0.25, 0.3) is 5.91 Å². The number of nitriles is 1. The summed E-state index contributed by atoms with van der Waals surface area (Å²) in [6.45, 7) is 3.63. The third-order valence-electron chi connectivity index (χ3n) is 4.51. The van der Waals surface area contributed by atoms with E-state index >= 15 is 0 Å². The van der Waals surface area contributed by atoms with Crippen molar-refractivity contribution in [3.63, 3.8) is 0 Å². The van der Waals surface area contributed by atoms with E-state index in [0.717, 1.165) is 31.9 Å². The van der Waals surface area contributed by atoms with Crippen LogP contribution in [-0.2, 0) is 9.59 Å². The number of aliphatic hydroxyl groups is 1. The Balaban J connectivity index is 0.00000154. The molecule has 1 fully saturated rings. The van der Waals surface area contributed by atoms with Gasteiger partial charge in [-0.1, -0.05) is 24.6 Å². The van der Waals surface area contributed by atoms with Gasteiger partial charge in [0.2, 0.25) is 0 Å². The van der Waals surface area contributed by atoms with Crippen LogP contribution in [0, 0.1) is 23.2 Å². The molecule has 2 atom stereocenters. The molecule has 1 aliphatic carbocycles. The number of aromatic nitrogens is 1. The van der Waals surface area contributed by atoms with E-state index < -0.39 is 0 Å². The number of hydrogen-bond donors (Lipinski definition) is 2. The molecule has 1 heterocycles. The Morgan fingerprint density at radius 2 is 2.00 bits per heavy atom. The van der Waals surface area contributed by atoms with Gasteiger partial charge in [-0.05, 0) is 38.8 Å². The molecule has 166 valence electrons. The molecule has 0 saturated heterocycles. The molecule has 2 rings (SSSR count). The van der Waals surface area contributed by atoms with Gasteiger partial charge in [-0.3, -0.25) is 14.6 Å². The van der Waals surface area contributed by atoms with Crippen LogP contribution in [0.15, 0.2) is 30.5 Å². The van der Waals surface area contributed by atoms with Crippen molar-refractivity contribution < 1.29 is 35.9 Å². The zero-order valence-corrected chi connectivity index (χ0v) is 20.6.